The lowest BCUT2D eigenvalue weighted by Crippen LogP contribution is -2.41. The van der Waals surface area contributed by atoms with Crippen LogP contribution in [0.5, 0.6) is 0 Å². The third-order valence-corrected chi connectivity index (χ3v) is 5.20. The van der Waals surface area contributed by atoms with Gasteiger partial charge in [-0.1, -0.05) is 29.3 Å². The normalized spacial score (nSPS) is 23.8. The summed E-state index contributed by atoms with van der Waals surface area (Å²) in [4.78, 5) is 14.7. The maximum Gasteiger partial charge on any atom is 0.226 e. The molecule has 2 aliphatic rings. The number of nitrogens with zero attached hydrogens (tertiary/aromatic N) is 1. The minimum absolute atomic E-state index is 0.00486. The summed E-state index contributed by atoms with van der Waals surface area (Å²) in [6.45, 7) is 2.36. The number of hydrogen-bond acceptors (Lipinski definition) is 2. The van der Waals surface area contributed by atoms with Gasteiger partial charge in [0.15, 0.2) is 0 Å². The van der Waals surface area contributed by atoms with Gasteiger partial charge >= 0.3 is 0 Å². The number of carbonyl (C=O) groups excluding carboxylic acids is 1. The van der Waals surface area contributed by atoms with Gasteiger partial charge in [0.05, 0.1) is 0 Å². The summed E-state index contributed by atoms with van der Waals surface area (Å²) in [6.07, 6.45) is 3.42. The Morgan fingerprint density at radius 1 is 1.14 bits per heavy atom. The Bertz CT molecular complexity index is 509. The lowest BCUT2D eigenvalue weighted by atomic mass is 9.97. The molecule has 2 aliphatic heterocycles. The van der Waals surface area contributed by atoms with Crippen LogP contribution in [0, 0.1) is 5.92 Å². The van der Waals surface area contributed by atoms with Crippen molar-refractivity contribution in [1.82, 2.24) is 4.90 Å². The lowest BCUT2D eigenvalue weighted by Gasteiger charge is -2.31. The predicted molar refractivity (Wildman–Crippen MR) is 83.8 cm³/mol. The van der Waals surface area contributed by atoms with Crippen molar-refractivity contribution in [3.63, 3.8) is 0 Å². The summed E-state index contributed by atoms with van der Waals surface area (Å²) in [7, 11) is 0. The monoisotopic (exact) mass is 327 g/mol. The van der Waals surface area contributed by atoms with E-state index in [1.165, 1.54) is 0 Å². The van der Waals surface area contributed by atoms with Crippen molar-refractivity contribution in [3.8, 4) is 0 Å². The second-order valence-corrected chi connectivity index (χ2v) is 6.58. The van der Waals surface area contributed by atoms with Gasteiger partial charge in [-0.2, -0.15) is 0 Å². The molecule has 21 heavy (non-hydrogen) atoms. The van der Waals surface area contributed by atoms with Crippen LogP contribution in [-0.4, -0.2) is 36.6 Å². The molecule has 114 valence electrons. The summed E-state index contributed by atoms with van der Waals surface area (Å²) < 4.78 is 5.38. The van der Waals surface area contributed by atoms with Gasteiger partial charge in [0, 0.05) is 41.8 Å². The van der Waals surface area contributed by atoms with Crippen molar-refractivity contribution in [2.24, 2.45) is 5.92 Å². The van der Waals surface area contributed by atoms with E-state index in [4.69, 9.17) is 27.9 Å². The number of likely N-dealkylation sites (tertiary alicyclic amines) is 1. The molecule has 2 fully saturated rings. The van der Waals surface area contributed by atoms with Gasteiger partial charge in [-0.15, -0.1) is 0 Å². The van der Waals surface area contributed by atoms with E-state index in [9.17, 15) is 4.79 Å². The SMILES string of the molecule is O=C1C(Cc2c(Cl)cccc2Cl)CCN1C1CCOCC1. The maximum absolute atomic E-state index is 12.6. The van der Waals surface area contributed by atoms with E-state index in [2.05, 4.69) is 0 Å². The molecular weight excluding hydrogens is 309 g/mol. The standard InChI is InChI=1S/C16H19Cl2NO2/c17-14-2-1-3-15(18)13(14)10-11-4-7-19(16(11)20)12-5-8-21-9-6-12/h1-3,11-12H,4-10H2. The molecule has 2 saturated heterocycles. The van der Waals surface area contributed by atoms with Gasteiger partial charge in [-0.3, -0.25) is 4.79 Å². The molecule has 0 aliphatic carbocycles. The molecule has 1 aromatic rings. The zero-order valence-electron chi connectivity index (χ0n) is 11.9. The highest BCUT2D eigenvalue weighted by molar-refractivity contribution is 6.36. The molecule has 1 atom stereocenters. The van der Waals surface area contributed by atoms with E-state index < -0.39 is 0 Å². The van der Waals surface area contributed by atoms with Crippen LogP contribution in [0.4, 0.5) is 0 Å². The van der Waals surface area contributed by atoms with Gasteiger partial charge < -0.3 is 9.64 Å². The topological polar surface area (TPSA) is 29.5 Å². The Morgan fingerprint density at radius 3 is 2.48 bits per heavy atom. The minimum Gasteiger partial charge on any atom is -0.381 e. The highest BCUT2D eigenvalue weighted by atomic mass is 35.5. The first-order valence-electron chi connectivity index (χ1n) is 7.48. The number of amides is 1. The molecule has 0 radical (unpaired) electrons. The fraction of sp³-hybridized carbons (Fsp3) is 0.562. The van der Waals surface area contributed by atoms with Crippen molar-refractivity contribution >= 4 is 29.1 Å². The number of ether oxygens (including phenoxy) is 1. The van der Waals surface area contributed by atoms with E-state index >= 15 is 0 Å². The maximum atomic E-state index is 12.6. The molecule has 0 aromatic heterocycles. The Kier molecular flexibility index (Phi) is 4.72. The van der Waals surface area contributed by atoms with Gasteiger partial charge in [0.2, 0.25) is 5.91 Å². The molecular formula is C16H19Cl2NO2. The first-order chi connectivity index (χ1) is 10.2. The quantitative estimate of drug-likeness (QED) is 0.849. The highest BCUT2D eigenvalue weighted by Gasteiger charge is 2.36. The average Bonchev–Trinajstić information content (AvgIpc) is 2.85. The molecule has 1 amide bonds. The smallest absolute Gasteiger partial charge is 0.226 e. The van der Waals surface area contributed by atoms with E-state index in [0.717, 1.165) is 44.6 Å². The van der Waals surface area contributed by atoms with Crippen LogP contribution in [-0.2, 0) is 16.0 Å². The third-order valence-electron chi connectivity index (χ3n) is 4.49. The average molecular weight is 328 g/mol. The number of rotatable bonds is 3. The first kappa shape index (κ1) is 15.1. The first-order valence-corrected chi connectivity index (χ1v) is 8.23. The molecule has 3 rings (SSSR count). The number of hydrogen-bond donors (Lipinski definition) is 0. The number of benzene rings is 1. The third kappa shape index (κ3) is 3.20. The molecule has 1 unspecified atom stereocenters. The van der Waals surface area contributed by atoms with Crippen LogP contribution in [0.1, 0.15) is 24.8 Å². The van der Waals surface area contributed by atoms with Crippen molar-refractivity contribution < 1.29 is 9.53 Å². The molecule has 1 aromatic carbocycles. The Balaban J connectivity index is 1.69. The van der Waals surface area contributed by atoms with Crippen molar-refractivity contribution in [2.45, 2.75) is 31.7 Å². The molecule has 0 bridgehead atoms. The highest BCUT2D eigenvalue weighted by Crippen LogP contribution is 2.32. The van der Waals surface area contributed by atoms with E-state index in [0.29, 0.717) is 22.5 Å². The summed E-state index contributed by atoms with van der Waals surface area (Å²) in [5, 5.41) is 1.31. The molecule has 2 heterocycles. The molecule has 0 N–H and O–H groups in total. The van der Waals surface area contributed by atoms with Gasteiger partial charge in [0.25, 0.3) is 0 Å². The summed E-state index contributed by atoms with van der Waals surface area (Å²) in [5.74, 6) is 0.253. The fourth-order valence-corrected chi connectivity index (χ4v) is 3.84. The van der Waals surface area contributed by atoms with Crippen molar-refractivity contribution in [3.05, 3.63) is 33.8 Å². The van der Waals surface area contributed by atoms with Crippen LogP contribution < -0.4 is 0 Å². The van der Waals surface area contributed by atoms with Crippen LogP contribution >= 0.6 is 23.2 Å². The minimum atomic E-state index is 0.00486. The molecule has 0 saturated carbocycles. The lowest BCUT2D eigenvalue weighted by molar-refractivity contribution is -0.134. The largest absolute Gasteiger partial charge is 0.381 e. The molecule has 3 nitrogen and oxygen atoms in total. The van der Waals surface area contributed by atoms with Crippen LogP contribution in [0.2, 0.25) is 10.0 Å². The molecule has 5 heteroatoms. The fourth-order valence-electron chi connectivity index (χ4n) is 3.29. The summed E-state index contributed by atoms with van der Waals surface area (Å²) >= 11 is 12.4. The Morgan fingerprint density at radius 2 is 1.81 bits per heavy atom. The van der Waals surface area contributed by atoms with Gasteiger partial charge in [-0.25, -0.2) is 0 Å². The Labute approximate surface area is 135 Å². The van der Waals surface area contributed by atoms with Crippen LogP contribution in [0.3, 0.4) is 0 Å². The van der Waals surface area contributed by atoms with Gasteiger partial charge in [0.1, 0.15) is 0 Å². The zero-order valence-corrected chi connectivity index (χ0v) is 13.4. The zero-order chi connectivity index (χ0) is 14.8. The number of carbonyl (C=O) groups is 1. The second-order valence-electron chi connectivity index (χ2n) is 5.77. The predicted octanol–water partition coefficient (Wildman–Crippen LogP) is 3.56. The van der Waals surface area contributed by atoms with Crippen molar-refractivity contribution in [1.29, 1.82) is 0 Å². The number of halogens is 2. The van der Waals surface area contributed by atoms with Gasteiger partial charge in [-0.05, 0) is 43.4 Å². The van der Waals surface area contributed by atoms with Crippen molar-refractivity contribution in [2.75, 3.05) is 19.8 Å². The van der Waals surface area contributed by atoms with E-state index in [1.54, 1.807) is 0 Å². The second kappa shape index (κ2) is 6.55. The molecule has 0 spiro atoms. The Hall–Kier alpha value is -0.770. The van der Waals surface area contributed by atoms with E-state index in [-0.39, 0.29) is 11.8 Å². The van der Waals surface area contributed by atoms with Crippen LogP contribution in [0.25, 0.3) is 0 Å². The summed E-state index contributed by atoms with van der Waals surface area (Å²) in [5.41, 5.74) is 0.896. The summed E-state index contributed by atoms with van der Waals surface area (Å²) in [6, 6.07) is 5.84. The van der Waals surface area contributed by atoms with Crippen LogP contribution in [0.15, 0.2) is 18.2 Å². The van der Waals surface area contributed by atoms with E-state index in [1.807, 2.05) is 23.1 Å².